The molecular weight excluding hydrogens is 302 g/mol. The van der Waals surface area contributed by atoms with E-state index in [9.17, 15) is 0 Å². The summed E-state index contributed by atoms with van der Waals surface area (Å²) in [4.78, 5) is 1.21. The summed E-state index contributed by atoms with van der Waals surface area (Å²) in [6, 6.07) is 16.3. The van der Waals surface area contributed by atoms with Gasteiger partial charge in [0.25, 0.3) is 0 Å². The number of para-hydroxylation sites is 1. The van der Waals surface area contributed by atoms with Crippen LogP contribution in [0.4, 0.5) is 0 Å². The summed E-state index contributed by atoms with van der Waals surface area (Å²) in [6.45, 7) is 2.98. The van der Waals surface area contributed by atoms with Crippen molar-refractivity contribution >= 4 is 23.4 Å². The van der Waals surface area contributed by atoms with Crippen molar-refractivity contribution in [1.29, 1.82) is 0 Å². The van der Waals surface area contributed by atoms with Gasteiger partial charge in [0.2, 0.25) is 0 Å². The van der Waals surface area contributed by atoms with Gasteiger partial charge in [-0.1, -0.05) is 48.9 Å². The summed E-state index contributed by atoms with van der Waals surface area (Å²) in [6.07, 6.45) is 0.0738. The van der Waals surface area contributed by atoms with Crippen LogP contribution in [0.1, 0.15) is 18.5 Å². The van der Waals surface area contributed by atoms with E-state index in [-0.39, 0.29) is 12.1 Å². The number of rotatable bonds is 4. The average molecular weight is 320 g/mol. The molecule has 1 aliphatic heterocycles. The number of fused-ring (bicyclic) bond motifs is 1. The first-order chi connectivity index (χ1) is 10.3. The van der Waals surface area contributed by atoms with Crippen molar-refractivity contribution in [3.63, 3.8) is 0 Å². The molecule has 0 aromatic heterocycles. The van der Waals surface area contributed by atoms with E-state index in [1.54, 1.807) is 0 Å². The summed E-state index contributed by atoms with van der Waals surface area (Å²) < 4.78 is 6.21. The second-order valence-electron chi connectivity index (χ2n) is 4.97. The summed E-state index contributed by atoms with van der Waals surface area (Å²) in [5.41, 5.74) is 1.10. The molecule has 2 atom stereocenters. The zero-order valence-electron chi connectivity index (χ0n) is 11.9. The fraction of sp³-hybridized carbons (Fsp3) is 0.294. The molecule has 1 heterocycles. The van der Waals surface area contributed by atoms with Gasteiger partial charge < -0.3 is 10.1 Å². The number of likely N-dealkylation sites (N-methyl/N-ethyl adjacent to an activating group) is 1. The van der Waals surface area contributed by atoms with Crippen molar-refractivity contribution in [3.8, 4) is 5.75 Å². The molecule has 2 aromatic rings. The molecule has 21 heavy (non-hydrogen) atoms. The molecule has 3 rings (SSSR count). The lowest BCUT2D eigenvalue weighted by Gasteiger charge is -2.33. The number of nitrogens with one attached hydrogen (secondary N) is 1. The summed E-state index contributed by atoms with van der Waals surface area (Å²) >= 11 is 8.22. The lowest BCUT2D eigenvalue weighted by atomic mass is 10.0. The molecule has 1 aliphatic rings. The van der Waals surface area contributed by atoms with Crippen LogP contribution in [0, 0.1) is 0 Å². The highest BCUT2D eigenvalue weighted by atomic mass is 35.5. The Kier molecular flexibility index (Phi) is 4.73. The highest BCUT2D eigenvalue weighted by Crippen LogP contribution is 2.39. The molecule has 0 aliphatic carbocycles. The molecule has 0 saturated heterocycles. The van der Waals surface area contributed by atoms with Crippen LogP contribution in [-0.2, 0) is 0 Å². The Labute approximate surface area is 134 Å². The molecule has 2 nitrogen and oxygen atoms in total. The number of ether oxygens (including phenoxy) is 1. The molecular formula is C17H18ClNOS. The molecule has 1 N–H and O–H groups in total. The fourth-order valence-electron chi connectivity index (χ4n) is 2.59. The van der Waals surface area contributed by atoms with E-state index < -0.39 is 0 Å². The van der Waals surface area contributed by atoms with E-state index in [0.717, 1.165) is 28.6 Å². The SMILES string of the molecule is CCNC(c1ccccc1Cl)C1CSc2ccccc2O1. The Hall–Kier alpha value is -1.16. The van der Waals surface area contributed by atoms with Gasteiger partial charge in [-0.05, 0) is 30.3 Å². The van der Waals surface area contributed by atoms with E-state index in [0.29, 0.717) is 0 Å². The second-order valence-corrected chi connectivity index (χ2v) is 6.44. The van der Waals surface area contributed by atoms with Crippen LogP contribution in [0.2, 0.25) is 5.02 Å². The maximum Gasteiger partial charge on any atom is 0.133 e. The molecule has 0 radical (unpaired) electrons. The zero-order chi connectivity index (χ0) is 14.7. The number of thioether (sulfide) groups is 1. The maximum absolute atomic E-state index is 6.37. The third kappa shape index (κ3) is 3.20. The minimum atomic E-state index is 0.0738. The summed E-state index contributed by atoms with van der Waals surface area (Å²) in [5, 5.41) is 4.31. The molecule has 0 amide bonds. The van der Waals surface area contributed by atoms with Gasteiger partial charge in [0.05, 0.1) is 6.04 Å². The fourth-order valence-corrected chi connectivity index (χ4v) is 3.88. The van der Waals surface area contributed by atoms with E-state index in [2.05, 4.69) is 24.4 Å². The van der Waals surface area contributed by atoms with Crippen LogP contribution >= 0.6 is 23.4 Å². The van der Waals surface area contributed by atoms with Crippen LogP contribution in [-0.4, -0.2) is 18.4 Å². The van der Waals surface area contributed by atoms with Gasteiger partial charge in [-0.3, -0.25) is 0 Å². The highest BCUT2D eigenvalue weighted by Gasteiger charge is 2.29. The van der Waals surface area contributed by atoms with Crippen molar-refractivity contribution in [2.24, 2.45) is 0 Å². The third-order valence-corrected chi connectivity index (χ3v) is 5.05. The van der Waals surface area contributed by atoms with Gasteiger partial charge >= 0.3 is 0 Å². The number of benzene rings is 2. The normalized spacial score (nSPS) is 18.7. The molecule has 2 unspecified atom stereocenters. The Morgan fingerprint density at radius 1 is 1.24 bits per heavy atom. The predicted molar refractivity (Wildman–Crippen MR) is 89.5 cm³/mol. The lowest BCUT2D eigenvalue weighted by Crippen LogP contribution is -2.39. The quantitative estimate of drug-likeness (QED) is 0.893. The van der Waals surface area contributed by atoms with Gasteiger partial charge in [-0.2, -0.15) is 0 Å². The highest BCUT2D eigenvalue weighted by molar-refractivity contribution is 7.99. The monoisotopic (exact) mass is 319 g/mol. The Morgan fingerprint density at radius 2 is 2.00 bits per heavy atom. The Bertz CT molecular complexity index is 619. The second kappa shape index (κ2) is 6.73. The Balaban J connectivity index is 1.88. The third-order valence-electron chi connectivity index (χ3n) is 3.57. The molecule has 110 valence electrons. The predicted octanol–water partition coefficient (Wildman–Crippen LogP) is 4.54. The number of hydrogen-bond acceptors (Lipinski definition) is 3. The molecule has 2 aromatic carbocycles. The first kappa shape index (κ1) is 14.8. The topological polar surface area (TPSA) is 21.3 Å². The van der Waals surface area contributed by atoms with Gasteiger partial charge in [0.15, 0.2) is 0 Å². The first-order valence-corrected chi connectivity index (χ1v) is 8.52. The molecule has 4 heteroatoms. The van der Waals surface area contributed by atoms with E-state index >= 15 is 0 Å². The lowest BCUT2D eigenvalue weighted by molar-refractivity contribution is 0.167. The average Bonchev–Trinajstić information content (AvgIpc) is 2.53. The zero-order valence-corrected chi connectivity index (χ0v) is 13.5. The van der Waals surface area contributed by atoms with Gasteiger partial charge in [0, 0.05) is 15.7 Å². The van der Waals surface area contributed by atoms with Crippen molar-refractivity contribution < 1.29 is 4.74 Å². The first-order valence-electron chi connectivity index (χ1n) is 7.16. The van der Waals surface area contributed by atoms with E-state index in [4.69, 9.17) is 16.3 Å². The molecule has 0 spiro atoms. The van der Waals surface area contributed by atoms with E-state index in [1.165, 1.54) is 4.90 Å². The number of halogens is 1. The smallest absolute Gasteiger partial charge is 0.133 e. The molecule has 0 fully saturated rings. The Morgan fingerprint density at radius 3 is 2.81 bits per heavy atom. The van der Waals surface area contributed by atoms with Crippen molar-refractivity contribution in [3.05, 3.63) is 59.1 Å². The largest absolute Gasteiger partial charge is 0.486 e. The van der Waals surface area contributed by atoms with Gasteiger partial charge in [-0.15, -0.1) is 11.8 Å². The molecule has 0 bridgehead atoms. The van der Waals surface area contributed by atoms with Crippen LogP contribution in [0.3, 0.4) is 0 Å². The minimum Gasteiger partial charge on any atom is -0.486 e. The summed E-state index contributed by atoms with van der Waals surface area (Å²) in [7, 11) is 0. The standard InChI is InChI=1S/C17H18ClNOS/c1-2-19-17(12-7-3-4-8-13(12)18)15-11-21-16-10-6-5-9-14(16)20-15/h3-10,15,17,19H,2,11H2,1H3. The van der Waals surface area contributed by atoms with Gasteiger partial charge in [0.1, 0.15) is 11.9 Å². The maximum atomic E-state index is 6.37. The summed E-state index contributed by atoms with van der Waals surface area (Å²) in [5.74, 6) is 1.88. The molecule has 0 saturated carbocycles. The van der Waals surface area contributed by atoms with Crippen LogP contribution < -0.4 is 10.1 Å². The van der Waals surface area contributed by atoms with Gasteiger partial charge in [-0.25, -0.2) is 0 Å². The van der Waals surface area contributed by atoms with Crippen molar-refractivity contribution in [1.82, 2.24) is 5.32 Å². The van der Waals surface area contributed by atoms with Crippen LogP contribution in [0.25, 0.3) is 0 Å². The van der Waals surface area contributed by atoms with Crippen molar-refractivity contribution in [2.45, 2.75) is 24.0 Å². The number of hydrogen-bond donors (Lipinski definition) is 1. The van der Waals surface area contributed by atoms with Crippen LogP contribution in [0.15, 0.2) is 53.4 Å². The van der Waals surface area contributed by atoms with E-state index in [1.807, 2.05) is 48.2 Å². The minimum absolute atomic E-state index is 0.0738. The van der Waals surface area contributed by atoms with Crippen molar-refractivity contribution in [2.75, 3.05) is 12.3 Å². The van der Waals surface area contributed by atoms with Crippen LogP contribution in [0.5, 0.6) is 5.75 Å².